The number of rotatable bonds is 5. The highest BCUT2D eigenvalue weighted by atomic mass is 32.2. The molecule has 1 atom stereocenters. The van der Waals surface area contributed by atoms with Crippen molar-refractivity contribution >= 4 is 17.2 Å². The molecule has 0 fully saturated rings. The molecule has 1 heterocycles. The number of nitrogens with one attached hydrogen (secondary N) is 1. The molecule has 0 radical (unpaired) electrons. The Morgan fingerprint density at radius 3 is 2.55 bits per heavy atom. The first kappa shape index (κ1) is 18.4. The second kappa shape index (κ2) is 7.08. The minimum Gasteiger partial charge on any atom is -0.482 e. The first-order chi connectivity index (χ1) is 9.99. The summed E-state index contributed by atoms with van der Waals surface area (Å²) < 4.78 is 52.0. The molecule has 1 N–H and O–H groups in total. The van der Waals surface area contributed by atoms with Gasteiger partial charge in [0.2, 0.25) is 0 Å². The van der Waals surface area contributed by atoms with Crippen molar-refractivity contribution in [2.24, 2.45) is 5.10 Å². The summed E-state index contributed by atoms with van der Waals surface area (Å²) in [6, 6.07) is 1.43. The number of halogens is 3. The van der Waals surface area contributed by atoms with Crippen molar-refractivity contribution in [3.8, 4) is 5.75 Å². The van der Waals surface area contributed by atoms with E-state index in [1.54, 1.807) is 27.7 Å². The molecule has 5 nitrogen and oxygen atoms in total. The lowest BCUT2D eigenvalue weighted by atomic mass is 10.2. The molecule has 0 saturated heterocycles. The zero-order valence-corrected chi connectivity index (χ0v) is 13.5. The Kier molecular flexibility index (Phi) is 5.92. The minimum absolute atomic E-state index is 0.0261. The van der Waals surface area contributed by atoms with Crippen LogP contribution in [0.1, 0.15) is 32.0 Å². The average Bonchev–Trinajstić information content (AvgIpc) is 2.36. The van der Waals surface area contributed by atoms with E-state index in [1.807, 2.05) is 0 Å². The maximum Gasteiger partial charge on any atom is 0.422 e. The van der Waals surface area contributed by atoms with Gasteiger partial charge in [0.1, 0.15) is 16.7 Å². The fourth-order valence-corrected chi connectivity index (χ4v) is 1.63. The van der Waals surface area contributed by atoms with Crippen molar-refractivity contribution < 1.29 is 22.1 Å². The lowest BCUT2D eigenvalue weighted by Crippen LogP contribution is -2.30. The summed E-state index contributed by atoms with van der Waals surface area (Å²) in [6.07, 6.45) is -1.86. The quantitative estimate of drug-likeness (QED) is 0.664. The highest BCUT2D eigenvalue weighted by Crippen LogP contribution is 2.19. The molecule has 0 aliphatic carbocycles. The molecule has 9 heteroatoms. The fourth-order valence-electron chi connectivity index (χ4n) is 1.21. The molecular formula is C13H18F3N3O2S. The third-order valence-corrected chi connectivity index (χ3v) is 3.76. The molecule has 0 bridgehead atoms. The van der Waals surface area contributed by atoms with Gasteiger partial charge in [-0.3, -0.25) is 4.98 Å². The molecule has 0 aliphatic rings. The molecule has 0 aromatic carbocycles. The van der Waals surface area contributed by atoms with E-state index in [9.17, 15) is 17.4 Å². The van der Waals surface area contributed by atoms with E-state index in [2.05, 4.69) is 19.7 Å². The number of aromatic nitrogens is 1. The van der Waals surface area contributed by atoms with Crippen LogP contribution in [-0.4, -0.2) is 32.9 Å². The van der Waals surface area contributed by atoms with Crippen molar-refractivity contribution in [1.82, 2.24) is 9.82 Å². The van der Waals surface area contributed by atoms with Crippen molar-refractivity contribution in [2.75, 3.05) is 6.61 Å². The predicted octanol–water partition coefficient (Wildman–Crippen LogP) is 2.72. The van der Waals surface area contributed by atoms with Gasteiger partial charge in [-0.25, -0.2) is 9.04 Å². The standard InChI is InChI=1S/C13H18F3N3O2S/c1-9-5-10(21-8-13(14,15)16)6-17-11(9)7-18-19-22(20)12(2,3)4/h5-7,19H,8H2,1-4H3/b18-7-/t22-/m1/s1. The van der Waals surface area contributed by atoms with Crippen molar-refractivity contribution in [2.45, 2.75) is 38.6 Å². The zero-order valence-electron chi connectivity index (χ0n) is 12.7. The van der Waals surface area contributed by atoms with Crippen molar-refractivity contribution in [3.05, 3.63) is 23.5 Å². The third kappa shape index (κ3) is 6.42. The van der Waals surface area contributed by atoms with Gasteiger partial charge in [-0.1, -0.05) is 0 Å². The number of hydrogen-bond acceptors (Lipinski definition) is 4. The van der Waals surface area contributed by atoms with Crippen LogP contribution >= 0.6 is 0 Å². The highest BCUT2D eigenvalue weighted by molar-refractivity contribution is 7.84. The number of nitrogens with zero attached hydrogens (tertiary/aromatic N) is 2. The van der Waals surface area contributed by atoms with Gasteiger partial charge in [-0.15, -0.1) is 0 Å². The lowest BCUT2D eigenvalue weighted by molar-refractivity contribution is -0.153. The van der Waals surface area contributed by atoms with E-state index in [0.717, 1.165) is 0 Å². The molecular weight excluding hydrogens is 319 g/mol. The normalized spacial score (nSPS) is 14.1. The van der Waals surface area contributed by atoms with Crippen molar-refractivity contribution in [1.29, 1.82) is 0 Å². The van der Waals surface area contributed by atoms with Gasteiger partial charge in [0.15, 0.2) is 6.61 Å². The van der Waals surface area contributed by atoms with Gasteiger partial charge < -0.3 is 4.74 Å². The van der Waals surface area contributed by atoms with Crippen LogP contribution in [0, 0.1) is 6.92 Å². The Labute approximate surface area is 129 Å². The predicted molar refractivity (Wildman–Crippen MR) is 79.1 cm³/mol. The van der Waals surface area contributed by atoms with Crippen LogP contribution in [0.5, 0.6) is 5.75 Å². The van der Waals surface area contributed by atoms with Crippen LogP contribution in [0.2, 0.25) is 0 Å². The molecule has 0 spiro atoms. The number of hydrogen-bond donors (Lipinski definition) is 1. The van der Waals surface area contributed by atoms with E-state index in [4.69, 9.17) is 0 Å². The monoisotopic (exact) mass is 337 g/mol. The zero-order chi connectivity index (χ0) is 17.0. The fraction of sp³-hybridized carbons (Fsp3) is 0.538. The maximum absolute atomic E-state index is 12.1. The van der Waals surface area contributed by atoms with E-state index >= 15 is 0 Å². The summed E-state index contributed by atoms with van der Waals surface area (Å²) >= 11 is 0. The number of ether oxygens (including phenoxy) is 1. The Morgan fingerprint density at radius 1 is 1.41 bits per heavy atom. The van der Waals surface area contributed by atoms with E-state index in [1.165, 1.54) is 18.5 Å². The molecule has 0 aliphatic heterocycles. The van der Waals surface area contributed by atoms with Gasteiger partial charge >= 0.3 is 6.18 Å². The molecule has 0 amide bonds. The van der Waals surface area contributed by atoms with E-state index < -0.39 is 28.5 Å². The molecule has 22 heavy (non-hydrogen) atoms. The van der Waals surface area contributed by atoms with E-state index in [-0.39, 0.29) is 5.75 Å². The van der Waals surface area contributed by atoms with Crippen LogP contribution in [0.3, 0.4) is 0 Å². The largest absolute Gasteiger partial charge is 0.482 e. The molecule has 1 rings (SSSR count). The summed E-state index contributed by atoms with van der Waals surface area (Å²) in [5, 5.41) is 3.83. The maximum atomic E-state index is 12.1. The summed E-state index contributed by atoms with van der Waals surface area (Å²) in [6.45, 7) is 5.68. The number of pyridine rings is 1. The van der Waals surface area contributed by atoms with Gasteiger partial charge in [-0.2, -0.15) is 18.3 Å². The van der Waals surface area contributed by atoms with Gasteiger partial charge in [0.05, 0.1) is 22.9 Å². The Morgan fingerprint density at radius 2 is 2.05 bits per heavy atom. The molecule has 124 valence electrons. The van der Waals surface area contributed by atoms with Crippen LogP contribution < -0.4 is 9.57 Å². The second-order valence-corrected chi connectivity index (χ2v) is 7.45. The third-order valence-electron chi connectivity index (χ3n) is 2.37. The first-order valence-electron chi connectivity index (χ1n) is 6.36. The topological polar surface area (TPSA) is 63.6 Å². The lowest BCUT2D eigenvalue weighted by Gasteiger charge is -2.15. The van der Waals surface area contributed by atoms with Crippen LogP contribution in [-0.2, 0) is 11.0 Å². The van der Waals surface area contributed by atoms with Crippen LogP contribution in [0.15, 0.2) is 17.4 Å². The average molecular weight is 337 g/mol. The highest BCUT2D eigenvalue weighted by Gasteiger charge is 2.28. The molecule has 1 aromatic heterocycles. The van der Waals surface area contributed by atoms with Crippen LogP contribution in [0.25, 0.3) is 0 Å². The summed E-state index contributed by atoms with van der Waals surface area (Å²) in [5.41, 5.74) is 1.03. The number of hydrazone groups is 1. The first-order valence-corrected chi connectivity index (χ1v) is 7.51. The van der Waals surface area contributed by atoms with Crippen molar-refractivity contribution in [3.63, 3.8) is 0 Å². The van der Waals surface area contributed by atoms with Crippen LogP contribution in [0.4, 0.5) is 13.2 Å². The summed E-state index contributed by atoms with van der Waals surface area (Å²) in [7, 11) is -1.36. The smallest absolute Gasteiger partial charge is 0.422 e. The number of alkyl halides is 3. The number of aryl methyl sites for hydroxylation is 1. The Bertz CT molecular complexity index is 569. The van der Waals surface area contributed by atoms with Gasteiger partial charge in [0, 0.05) is 0 Å². The van der Waals surface area contributed by atoms with E-state index in [0.29, 0.717) is 11.3 Å². The van der Waals surface area contributed by atoms with Gasteiger partial charge in [0.25, 0.3) is 0 Å². The Balaban J connectivity index is 2.68. The molecule has 0 unspecified atom stereocenters. The minimum atomic E-state index is -4.39. The SMILES string of the molecule is Cc1cc(OCC(F)(F)F)cnc1/C=N\N[S@](=O)C(C)(C)C. The molecule has 1 aromatic rings. The summed E-state index contributed by atoms with van der Waals surface area (Å²) in [4.78, 5) is 6.44. The Hall–Kier alpha value is -1.64. The molecule has 0 saturated carbocycles. The van der Waals surface area contributed by atoms with Gasteiger partial charge in [-0.05, 0) is 39.3 Å². The second-order valence-electron chi connectivity index (χ2n) is 5.51. The summed E-state index contributed by atoms with van der Waals surface area (Å²) in [5.74, 6) is 0.0261.